The van der Waals surface area contributed by atoms with Crippen molar-refractivity contribution in [2.45, 2.75) is 31.8 Å². The summed E-state index contributed by atoms with van der Waals surface area (Å²) in [6.07, 6.45) is 3.62. The molecule has 0 saturated carbocycles. The van der Waals surface area contributed by atoms with Crippen molar-refractivity contribution in [2.75, 3.05) is 13.1 Å². The van der Waals surface area contributed by atoms with Crippen LogP contribution in [0.25, 0.3) is 0 Å². The van der Waals surface area contributed by atoms with E-state index in [1.165, 1.54) is 0 Å². The molecule has 1 fully saturated rings. The highest BCUT2D eigenvalue weighted by molar-refractivity contribution is 5.92. The number of hydrogen-bond acceptors (Lipinski definition) is 5. The third-order valence-electron chi connectivity index (χ3n) is 4.28. The molecule has 0 spiro atoms. The Hall–Kier alpha value is -2.22. The third-order valence-corrected chi connectivity index (χ3v) is 4.28. The van der Waals surface area contributed by atoms with Crippen LogP contribution in [0.2, 0.25) is 0 Å². The Kier molecular flexibility index (Phi) is 4.19. The second-order valence-corrected chi connectivity index (χ2v) is 5.70. The van der Waals surface area contributed by atoms with Crippen LogP contribution in [0.3, 0.4) is 0 Å². The van der Waals surface area contributed by atoms with Gasteiger partial charge in [0.05, 0.1) is 6.04 Å². The molecule has 1 atom stereocenters. The van der Waals surface area contributed by atoms with Crippen LogP contribution >= 0.6 is 0 Å². The van der Waals surface area contributed by atoms with Gasteiger partial charge in [-0.3, -0.25) is 9.69 Å². The number of hydrogen-bond donors (Lipinski definition) is 2. The summed E-state index contributed by atoms with van der Waals surface area (Å²) in [6.45, 7) is 3.96. The van der Waals surface area contributed by atoms with E-state index in [0.717, 1.165) is 31.8 Å². The fourth-order valence-electron chi connectivity index (χ4n) is 2.92. The Morgan fingerprint density at radius 3 is 2.82 bits per heavy atom. The molecule has 0 aromatic carbocycles. The van der Waals surface area contributed by atoms with E-state index in [1.807, 2.05) is 13.1 Å². The predicted molar refractivity (Wildman–Crippen MR) is 80.1 cm³/mol. The maximum absolute atomic E-state index is 12.0. The smallest absolute Gasteiger partial charge is 0.267 e. The van der Waals surface area contributed by atoms with E-state index >= 15 is 0 Å². The molecule has 1 aliphatic rings. The number of tetrazole rings is 1. The van der Waals surface area contributed by atoms with Crippen molar-refractivity contribution in [3.05, 3.63) is 29.8 Å². The molecular formula is C14H21N7O. The Labute approximate surface area is 128 Å². The minimum atomic E-state index is -0.0333. The molecule has 2 aromatic rings. The first kappa shape index (κ1) is 14.7. The third kappa shape index (κ3) is 3.01. The summed E-state index contributed by atoms with van der Waals surface area (Å²) in [5.74, 6) is 0.836. The van der Waals surface area contributed by atoms with Crippen molar-refractivity contribution >= 4 is 5.91 Å². The molecule has 0 aliphatic carbocycles. The first-order valence-corrected chi connectivity index (χ1v) is 7.55. The van der Waals surface area contributed by atoms with Crippen LogP contribution in [0, 0.1) is 0 Å². The van der Waals surface area contributed by atoms with E-state index in [4.69, 9.17) is 0 Å². The van der Waals surface area contributed by atoms with Gasteiger partial charge in [0.15, 0.2) is 5.82 Å². The van der Waals surface area contributed by atoms with Crippen molar-refractivity contribution in [3.8, 4) is 0 Å². The van der Waals surface area contributed by atoms with Gasteiger partial charge in [0.2, 0.25) is 0 Å². The predicted octanol–water partition coefficient (Wildman–Crippen LogP) is 0.494. The number of rotatable bonds is 4. The van der Waals surface area contributed by atoms with Gasteiger partial charge in [-0.25, -0.2) is 4.68 Å². The summed E-state index contributed by atoms with van der Waals surface area (Å²) in [4.78, 5) is 17.3. The Morgan fingerprint density at radius 1 is 1.45 bits per heavy atom. The Bertz CT molecular complexity index is 613. The number of amides is 1. The zero-order chi connectivity index (χ0) is 15.5. The molecule has 8 nitrogen and oxygen atoms in total. The Morgan fingerprint density at radius 2 is 2.23 bits per heavy atom. The molecule has 8 heteroatoms. The molecule has 1 saturated heterocycles. The molecule has 22 heavy (non-hydrogen) atoms. The van der Waals surface area contributed by atoms with E-state index in [-0.39, 0.29) is 18.0 Å². The summed E-state index contributed by atoms with van der Waals surface area (Å²) in [5.41, 5.74) is 0.612. The van der Waals surface area contributed by atoms with Crippen molar-refractivity contribution in [2.24, 2.45) is 7.05 Å². The van der Waals surface area contributed by atoms with Gasteiger partial charge in [0.1, 0.15) is 5.69 Å². The SMILES string of the molecule is CC(c1nnnn1C)N1CCC(NC(=O)c2ccc[nH]2)CC1. The van der Waals surface area contributed by atoms with Gasteiger partial charge >= 0.3 is 0 Å². The molecule has 3 heterocycles. The monoisotopic (exact) mass is 303 g/mol. The van der Waals surface area contributed by atoms with Gasteiger partial charge in [-0.2, -0.15) is 0 Å². The Balaban J connectivity index is 1.52. The van der Waals surface area contributed by atoms with Crippen LogP contribution in [0.15, 0.2) is 18.3 Å². The van der Waals surface area contributed by atoms with Crippen LogP contribution in [0.4, 0.5) is 0 Å². The lowest BCUT2D eigenvalue weighted by molar-refractivity contribution is 0.0888. The quantitative estimate of drug-likeness (QED) is 0.858. The molecule has 0 radical (unpaired) electrons. The fraction of sp³-hybridized carbons (Fsp3) is 0.571. The molecule has 2 N–H and O–H groups in total. The minimum Gasteiger partial charge on any atom is -0.357 e. The number of carbonyl (C=O) groups is 1. The van der Waals surface area contributed by atoms with Gasteiger partial charge in [-0.15, -0.1) is 5.10 Å². The van der Waals surface area contributed by atoms with Gasteiger partial charge < -0.3 is 10.3 Å². The summed E-state index contributed by atoms with van der Waals surface area (Å²) < 4.78 is 1.71. The number of aromatic amines is 1. The van der Waals surface area contributed by atoms with Gasteiger partial charge in [0.25, 0.3) is 5.91 Å². The number of nitrogens with one attached hydrogen (secondary N) is 2. The van der Waals surface area contributed by atoms with Gasteiger partial charge in [-0.05, 0) is 42.3 Å². The van der Waals surface area contributed by atoms with Crippen LogP contribution in [0.5, 0.6) is 0 Å². The second kappa shape index (κ2) is 6.27. The highest BCUT2D eigenvalue weighted by atomic mass is 16.1. The summed E-state index contributed by atoms with van der Waals surface area (Å²) in [6, 6.07) is 4.01. The normalized spacial score (nSPS) is 18.3. The van der Waals surface area contributed by atoms with Crippen LogP contribution < -0.4 is 5.32 Å². The second-order valence-electron chi connectivity index (χ2n) is 5.70. The molecule has 0 bridgehead atoms. The number of nitrogens with zero attached hydrogens (tertiary/aromatic N) is 5. The molecule has 118 valence electrons. The zero-order valence-electron chi connectivity index (χ0n) is 12.9. The lowest BCUT2D eigenvalue weighted by Crippen LogP contribution is -2.45. The van der Waals surface area contributed by atoms with Crippen molar-refractivity contribution in [1.29, 1.82) is 0 Å². The fourth-order valence-corrected chi connectivity index (χ4v) is 2.92. The number of aromatic nitrogens is 5. The summed E-state index contributed by atoms with van der Waals surface area (Å²) >= 11 is 0. The number of aryl methyl sites for hydroxylation is 1. The minimum absolute atomic E-state index is 0.0333. The van der Waals surface area contributed by atoms with E-state index in [1.54, 1.807) is 16.9 Å². The molecule has 3 rings (SSSR count). The van der Waals surface area contributed by atoms with E-state index in [0.29, 0.717) is 5.69 Å². The van der Waals surface area contributed by atoms with E-state index < -0.39 is 0 Å². The molecule has 1 amide bonds. The van der Waals surface area contributed by atoms with Crippen LogP contribution in [0.1, 0.15) is 42.1 Å². The lowest BCUT2D eigenvalue weighted by Gasteiger charge is -2.35. The number of likely N-dealkylation sites (tertiary alicyclic amines) is 1. The standard InChI is InChI=1S/C14H21N7O/c1-10(13-17-18-19-20(13)2)21-8-5-11(6-9-21)16-14(22)12-4-3-7-15-12/h3-4,7,10-11,15H,5-6,8-9H2,1-2H3,(H,16,22). The van der Waals surface area contributed by atoms with Gasteiger partial charge in [-0.1, -0.05) is 0 Å². The average Bonchev–Trinajstić information content (AvgIpc) is 3.18. The lowest BCUT2D eigenvalue weighted by atomic mass is 10.0. The first-order chi connectivity index (χ1) is 10.6. The zero-order valence-corrected chi connectivity index (χ0v) is 12.9. The molecule has 2 aromatic heterocycles. The van der Waals surface area contributed by atoms with Crippen LogP contribution in [-0.4, -0.2) is 55.1 Å². The molecule has 1 unspecified atom stereocenters. The molecule has 1 aliphatic heterocycles. The number of H-pyrrole nitrogens is 1. The number of carbonyl (C=O) groups excluding carboxylic acids is 1. The van der Waals surface area contributed by atoms with Crippen molar-refractivity contribution < 1.29 is 4.79 Å². The highest BCUT2D eigenvalue weighted by Crippen LogP contribution is 2.22. The molecular weight excluding hydrogens is 282 g/mol. The van der Waals surface area contributed by atoms with Crippen LogP contribution in [-0.2, 0) is 7.05 Å². The average molecular weight is 303 g/mol. The van der Waals surface area contributed by atoms with Crippen molar-refractivity contribution in [1.82, 2.24) is 35.4 Å². The van der Waals surface area contributed by atoms with Gasteiger partial charge in [0, 0.05) is 32.4 Å². The first-order valence-electron chi connectivity index (χ1n) is 7.55. The summed E-state index contributed by atoms with van der Waals surface area (Å²) in [7, 11) is 1.86. The maximum Gasteiger partial charge on any atom is 0.267 e. The summed E-state index contributed by atoms with van der Waals surface area (Å²) in [5, 5.41) is 14.7. The highest BCUT2D eigenvalue weighted by Gasteiger charge is 2.27. The van der Waals surface area contributed by atoms with E-state index in [2.05, 4.69) is 37.6 Å². The largest absolute Gasteiger partial charge is 0.357 e. The number of piperidine rings is 1. The topological polar surface area (TPSA) is 91.7 Å². The van der Waals surface area contributed by atoms with E-state index in [9.17, 15) is 4.79 Å². The maximum atomic E-state index is 12.0. The van der Waals surface area contributed by atoms with Crippen molar-refractivity contribution in [3.63, 3.8) is 0 Å².